The van der Waals surface area contributed by atoms with Gasteiger partial charge >= 0.3 is 6.03 Å². The third-order valence-corrected chi connectivity index (χ3v) is 3.65. The number of urea groups is 1. The third-order valence-electron chi connectivity index (χ3n) is 2.65. The van der Waals surface area contributed by atoms with E-state index in [1.807, 2.05) is 24.3 Å². The molecule has 1 atom stereocenters. The zero-order valence-electron chi connectivity index (χ0n) is 11.2. The molecule has 1 aromatic carbocycles. The predicted octanol–water partition coefficient (Wildman–Crippen LogP) is 2.75. The highest BCUT2D eigenvalue weighted by Crippen LogP contribution is 2.19. The van der Waals surface area contributed by atoms with Gasteiger partial charge in [0.25, 0.3) is 0 Å². The molecule has 0 bridgehead atoms. The van der Waals surface area contributed by atoms with Gasteiger partial charge in [0.2, 0.25) is 0 Å². The Balaban J connectivity index is 1.99. The van der Waals surface area contributed by atoms with E-state index in [-0.39, 0.29) is 6.04 Å². The van der Waals surface area contributed by atoms with Gasteiger partial charge in [-0.25, -0.2) is 4.79 Å². The third kappa shape index (κ3) is 4.45. The number of primary amides is 1. The van der Waals surface area contributed by atoms with Crippen LogP contribution in [0, 0.1) is 11.8 Å². The molecule has 2 amide bonds. The Hall–Kier alpha value is -2.25. The summed E-state index contributed by atoms with van der Waals surface area (Å²) in [6.45, 7) is 1.80. The van der Waals surface area contributed by atoms with Gasteiger partial charge in [-0.15, -0.1) is 11.3 Å². The SMILES string of the molecule is CC(C#Cc1ccc(Cc2ccccc2)s1)NC(N)=O. The minimum atomic E-state index is -0.553. The van der Waals surface area contributed by atoms with E-state index in [0.29, 0.717) is 0 Å². The quantitative estimate of drug-likeness (QED) is 0.837. The predicted molar refractivity (Wildman–Crippen MR) is 82.6 cm³/mol. The smallest absolute Gasteiger partial charge is 0.313 e. The second-order valence-electron chi connectivity index (χ2n) is 4.43. The summed E-state index contributed by atoms with van der Waals surface area (Å²) in [5.41, 5.74) is 6.33. The van der Waals surface area contributed by atoms with Crippen LogP contribution in [0.3, 0.4) is 0 Å². The lowest BCUT2D eigenvalue weighted by Gasteiger charge is -2.02. The van der Waals surface area contributed by atoms with Gasteiger partial charge in [0.15, 0.2) is 0 Å². The van der Waals surface area contributed by atoms with Gasteiger partial charge in [-0.1, -0.05) is 42.2 Å². The molecule has 1 heterocycles. The maximum Gasteiger partial charge on any atom is 0.313 e. The molecule has 1 unspecified atom stereocenters. The largest absolute Gasteiger partial charge is 0.352 e. The highest BCUT2D eigenvalue weighted by Gasteiger charge is 2.01. The number of carbonyl (C=O) groups excluding carboxylic acids is 1. The molecule has 0 saturated carbocycles. The van der Waals surface area contributed by atoms with Crippen molar-refractivity contribution in [3.8, 4) is 11.8 Å². The molecule has 0 aliphatic carbocycles. The molecule has 0 fully saturated rings. The molecule has 4 heteroatoms. The maximum atomic E-state index is 10.7. The summed E-state index contributed by atoms with van der Waals surface area (Å²) in [7, 11) is 0. The molecular formula is C16H16N2OS. The minimum Gasteiger partial charge on any atom is -0.352 e. The highest BCUT2D eigenvalue weighted by atomic mass is 32.1. The van der Waals surface area contributed by atoms with Crippen molar-refractivity contribution >= 4 is 17.4 Å². The molecule has 2 rings (SSSR count). The van der Waals surface area contributed by atoms with E-state index in [9.17, 15) is 4.79 Å². The van der Waals surface area contributed by atoms with Crippen molar-refractivity contribution in [2.24, 2.45) is 5.73 Å². The number of nitrogens with two attached hydrogens (primary N) is 1. The van der Waals surface area contributed by atoms with E-state index in [0.717, 1.165) is 11.3 Å². The van der Waals surface area contributed by atoms with Crippen LogP contribution in [-0.2, 0) is 6.42 Å². The molecule has 0 aliphatic rings. The Morgan fingerprint density at radius 2 is 2.05 bits per heavy atom. The number of benzene rings is 1. The first-order chi connectivity index (χ1) is 9.63. The second kappa shape index (κ2) is 6.78. The highest BCUT2D eigenvalue weighted by molar-refractivity contribution is 7.12. The van der Waals surface area contributed by atoms with Crippen LogP contribution in [0.4, 0.5) is 4.79 Å². The Kier molecular flexibility index (Phi) is 4.80. The van der Waals surface area contributed by atoms with Crippen LogP contribution in [0.25, 0.3) is 0 Å². The molecule has 1 aromatic heterocycles. The Labute approximate surface area is 122 Å². The average molecular weight is 284 g/mol. The maximum absolute atomic E-state index is 10.7. The summed E-state index contributed by atoms with van der Waals surface area (Å²) in [6, 6.07) is 13.6. The van der Waals surface area contributed by atoms with E-state index in [4.69, 9.17) is 5.73 Å². The van der Waals surface area contributed by atoms with Crippen molar-refractivity contribution in [1.29, 1.82) is 0 Å². The van der Waals surface area contributed by atoms with Crippen LogP contribution in [0.15, 0.2) is 42.5 Å². The van der Waals surface area contributed by atoms with Crippen molar-refractivity contribution in [3.05, 3.63) is 57.8 Å². The molecule has 102 valence electrons. The summed E-state index contributed by atoms with van der Waals surface area (Å²) >= 11 is 1.67. The molecule has 0 saturated heterocycles. The van der Waals surface area contributed by atoms with Gasteiger partial charge in [-0.05, 0) is 24.6 Å². The summed E-state index contributed by atoms with van der Waals surface area (Å²) < 4.78 is 0. The van der Waals surface area contributed by atoms with Gasteiger partial charge in [-0.3, -0.25) is 0 Å². The van der Waals surface area contributed by atoms with Crippen LogP contribution in [0.1, 0.15) is 22.2 Å². The number of hydrogen-bond acceptors (Lipinski definition) is 2. The molecule has 2 aromatic rings. The summed E-state index contributed by atoms with van der Waals surface area (Å²) in [6.07, 6.45) is 0.919. The van der Waals surface area contributed by atoms with Crippen LogP contribution < -0.4 is 11.1 Å². The van der Waals surface area contributed by atoms with E-state index < -0.39 is 6.03 Å². The topological polar surface area (TPSA) is 55.1 Å². The standard InChI is InChI=1S/C16H16N2OS/c1-12(18-16(17)19)7-8-14-9-10-15(20-14)11-13-5-3-2-4-6-13/h2-6,9-10,12H,11H2,1H3,(H3,17,18,19). The number of carbonyl (C=O) groups is 1. The second-order valence-corrected chi connectivity index (χ2v) is 5.60. The molecule has 0 radical (unpaired) electrons. The van der Waals surface area contributed by atoms with Gasteiger partial charge in [0.05, 0.1) is 10.9 Å². The van der Waals surface area contributed by atoms with Crippen molar-refractivity contribution < 1.29 is 4.79 Å². The fourth-order valence-corrected chi connectivity index (χ4v) is 2.67. The van der Waals surface area contributed by atoms with E-state index >= 15 is 0 Å². The average Bonchev–Trinajstić information content (AvgIpc) is 2.84. The van der Waals surface area contributed by atoms with Crippen molar-refractivity contribution in [2.45, 2.75) is 19.4 Å². The van der Waals surface area contributed by atoms with Crippen LogP contribution in [0.5, 0.6) is 0 Å². The van der Waals surface area contributed by atoms with Gasteiger partial charge in [0.1, 0.15) is 0 Å². The molecule has 3 N–H and O–H groups in total. The number of hydrogen-bond donors (Lipinski definition) is 2. The van der Waals surface area contributed by atoms with Crippen LogP contribution in [0.2, 0.25) is 0 Å². The number of thiophene rings is 1. The van der Waals surface area contributed by atoms with Crippen LogP contribution in [-0.4, -0.2) is 12.1 Å². The van der Waals surface area contributed by atoms with Gasteiger partial charge in [-0.2, -0.15) is 0 Å². The van der Waals surface area contributed by atoms with Crippen molar-refractivity contribution in [2.75, 3.05) is 0 Å². The zero-order valence-corrected chi connectivity index (χ0v) is 12.0. The number of nitrogens with one attached hydrogen (secondary N) is 1. The monoisotopic (exact) mass is 284 g/mol. The molecule has 0 spiro atoms. The Morgan fingerprint density at radius 1 is 1.30 bits per heavy atom. The first-order valence-corrected chi connectivity index (χ1v) is 7.15. The zero-order chi connectivity index (χ0) is 14.4. The summed E-state index contributed by atoms with van der Waals surface area (Å²) in [4.78, 5) is 12.9. The summed E-state index contributed by atoms with van der Waals surface area (Å²) in [5, 5.41) is 2.53. The number of amides is 2. The van der Waals surface area contributed by atoms with Crippen molar-refractivity contribution in [3.63, 3.8) is 0 Å². The molecule has 20 heavy (non-hydrogen) atoms. The van der Waals surface area contributed by atoms with Gasteiger partial charge < -0.3 is 11.1 Å². The Morgan fingerprint density at radius 3 is 2.75 bits per heavy atom. The first-order valence-electron chi connectivity index (χ1n) is 6.33. The van der Waals surface area contributed by atoms with E-state index in [1.165, 1.54) is 10.4 Å². The molecular weight excluding hydrogens is 268 g/mol. The molecule has 3 nitrogen and oxygen atoms in total. The minimum absolute atomic E-state index is 0.243. The van der Waals surface area contributed by atoms with Crippen molar-refractivity contribution in [1.82, 2.24) is 5.32 Å². The first kappa shape index (κ1) is 14.2. The number of rotatable bonds is 3. The fourth-order valence-electron chi connectivity index (χ4n) is 1.77. The fraction of sp³-hybridized carbons (Fsp3) is 0.188. The molecule has 0 aliphatic heterocycles. The lowest BCUT2D eigenvalue weighted by atomic mass is 10.1. The van der Waals surface area contributed by atoms with Gasteiger partial charge in [0, 0.05) is 11.3 Å². The lowest BCUT2D eigenvalue weighted by Crippen LogP contribution is -2.35. The Bertz CT molecular complexity index is 637. The normalized spacial score (nSPS) is 11.2. The van der Waals surface area contributed by atoms with E-state index in [1.54, 1.807) is 18.3 Å². The van der Waals surface area contributed by atoms with Crippen LogP contribution >= 0.6 is 11.3 Å². The lowest BCUT2D eigenvalue weighted by molar-refractivity contribution is 0.248. The van der Waals surface area contributed by atoms with E-state index in [2.05, 4.69) is 35.4 Å². The summed E-state index contributed by atoms with van der Waals surface area (Å²) in [5.74, 6) is 6.01.